The van der Waals surface area contributed by atoms with Crippen LogP contribution in [-0.2, 0) is 9.59 Å². The Morgan fingerprint density at radius 3 is 1.93 bits per heavy atom. The number of hydrogen-bond acceptors (Lipinski definition) is 3. The molecule has 1 aliphatic rings. The van der Waals surface area contributed by atoms with Crippen molar-refractivity contribution in [2.75, 3.05) is 4.90 Å². The molecule has 1 amide bonds. The zero-order valence-electron chi connectivity index (χ0n) is 15.4. The predicted octanol–water partition coefficient (Wildman–Crippen LogP) is 5.76. The van der Waals surface area contributed by atoms with Gasteiger partial charge in [-0.3, -0.25) is 14.5 Å². The number of benzene rings is 3. The summed E-state index contributed by atoms with van der Waals surface area (Å²) >= 11 is 11.9. The Kier molecular flexibility index (Phi) is 5.33. The number of rotatable bonds is 3. The Hall–Kier alpha value is -3.15. The minimum Gasteiger partial charge on any atom is -0.507 e. The third-order valence-corrected chi connectivity index (χ3v) is 5.36. The number of aliphatic hydroxyl groups is 1. The van der Waals surface area contributed by atoms with Gasteiger partial charge in [0.1, 0.15) is 11.6 Å². The molecule has 0 spiro atoms. The van der Waals surface area contributed by atoms with Crippen LogP contribution in [0.15, 0.2) is 78.4 Å². The first-order chi connectivity index (χ1) is 14.4. The summed E-state index contributed by atoms with van der Waals surface area (Å²) in [5.41, 5.74) is 1.16. The third-order valence-electron chi connectivity index (χ3n) is 4.85. The molecule has 3 aromatic carbocycles. The standard InChI is InChI=1S/C23H14Cl2FNO3/c24-15-5-1-13(2-6-15)20-19(21(28)14-3-7-16(25)8-4-14)22(29)23(30)27(20)18-11-9-17(26)10-12-18/h1-12,20,28H. The van der Waals surface area contributed by atoms with Crippen molar-refractivity contribution in [1.82, 2.24) is 0 Å². The summed E-state index contributed by atoms with van der Waals surface area (Å²) in [7, 11) is 0. The first-order valence-corrected chi connectivity index (χ1v) is 9.70. The van der Waals surface area contributed by atoms with Crippen LogP contribution in [0.25, 0.3) is 5.76 Å². The summed E-state index contributed by atoms with van der Waals surface area (Å²) < 4.78 is 13.4. The Morgan fingerprint density at radius 1 is 0.833 bits per heavy atom. The molecular formula is C23H14Cl2FNO3. The normalized spacial score (nSPS) is 18.1. The van der Waals surface area contributed by atoms with E-state index in [9.17, 15) is 19.1 Å². The van der Waals surface area contributed by atoms with Crippen LogP contribution >= 0.6 is 23.2 Å². The van der Waals surface area contributed by atoms with E-state index in [0.717, 1.165) is 0 Å². The van der Waals surface area contributed by atoms with Crippen LogP contribution in [0.2, 0.25) is 10.0 Å². The maximum Gasteiger partial charge on any atom is 0.300 e. The fraction of sp³-hybridized carbons (Fsp3) is 0.0435. The molecule has 0 radical (unpaired) electrons. The summed E-state index contributed by atoms with van der Waals surface area (Å²) in [6.45, 7) is 0. The molecule has 1 saturated heterocycles. The highest BCUT2D eigenvalue weighted by atomic mass is 35.5. The van der Waals surface area contributed by atoms with Crippen molar-refractivity contribution in [2.24, 2.45) is 0 Å². The Balaban J connectivity index is 1.93. The van der Waals surface area contributed by atoms with E-state index >= 15 is 0 Å². The van der Waals surface area contributed by atoms with Gasteiger partial charge in [0.15, 0.2) is 0 Å². The fourth-order valence-electron chi connectivity index (χ4n) is 3.42. The van der Waals surface area contributed by atoms with Crippen LogP contribution in [0, 0.1) is 5.82 Å². The second-order valence-electron chi connectivity index (χ2n) is 6.70. The molecule has 1 heterocycles. The fourth-order valence-corrected chi connectivity index (χ4v) is 3.68. The highest BCUT2D eigenvalue weighted by Crippen LogP contribution is 2.42. The van der Waals surface area contributed by atoms with E-state index in [1.807, 2.05) is 0 Å². The molecule has 7 heteroatoms. The number of halogens is 3. The maximum absolute atomic E-state index is 13.4. The van der Waals surface area contributed by atoms with Gasteiger partial charge in [0.2, 0.25) is 0 Å². The van der Waals surface area contributed by atoms with Gasteiger partial charge in [0.05, 0.1) is 11.6 Å². The number of aliphatic hydroxyl groups excluding tert-OH is 1. The Labute approximate surface area is 181 Å². The van der Waals surface area contributed by atoms with Gasteiger partial charge in [0.25, 0.3) is 11.7 Å². The van der Waals surface area contributed by atoms with Crippen LogP contribution in [0.4, 0.5) is 10.1 Å². The average Bonchev–Trinajstić information content (AvgIpc) is 3.00. The molecular weight excluding hydrogens is 428 g/mol. The minimum atomic E-state index is -0.914. The van der Waals surface area contributed by atoms with Gasteiger partial charge in [-0.2, -0.15) is 0 Å². The van der Waals surface area contributed by atoms with E-state index in [1.54, 1.807) is 48.5 Å². The minimum absolute atomic E-state index is 0.0750. The van der Waals surface area contributed by atoms with Gasteiger partial charge in [-0.05, 0) is 66.2 Å². The molecule has 1 atom stereocenters. The van der Waals surface area contributed by atoms with Crippen LogP contribution in [0.1, 0.15) is 17.2 Å². The molecule has 150 valence electrons. The smallest absolute Gasteiger partial charge is 0.300 e. The van der Waals surface area contributed by atoms with E-state index in [-0.39, 0.29) is 11.3 Å². The number of hydrogen-bond donors (Lipinski definition) is 1. The van der Waals surface area contributed by atoms with Crippen molar-refractivity contribution >= 4 is 46.3 Å². The zero-order chi connectivity index (χ0) is 21.4. The molecule has 30 heavy (non-hydrogen) atoms. The van der Waals surface area contributed by atoms with Gasteiger partial charge in [-0.15, -0.1) is 0 Å². The van der Waals surface area contributed by atoms with Crippen molar-refractivity contribution in [3.8, 4) is 0 Å². The molecule has 1 unspecified atom stereocenters. The topological polar surface area (TPSA) is 57.6 Å². The van der Waals surface area contributed by atoms with Gasteiger partial charge >= 0.3 is 0 Å². The molecule has 3 aromatic rings. The SMILES string of the molecule is O=C1C(=O)N(c2ccc(F)cc2)C(c2ccc(Cl)cc2)C1=C(O)c1ccc(Cl)cc1. The molecule has 1 N–H and O–H groups in total. The van der Waals surface area contributed by atoms with Crippen molar-refractivity contribution < 1.29 is 19.1 Å². The van der Waals surface area contributed by atoms with E-state index < -0.39 is 23.5 Å². The monoisotopic (exact) mass is 441 g/mol. The average molecular weight is 442 g/mol. The van der Waals surface area contributed by atoms with Gasteiger partial charge in [-0.25, -0.2) is 4.39 Å². The summed E-state index contributed by atoms with van der Waals surface area (Å²) in [5, 5.41) is 11.9. The zero-order valence-corrected chi connectivity index (χ0v) is 16.9. The summed E-state index contributed by atoms with van der Waals surface area (Å²) in [6, 6.07) is 17.2. The second-order valence-corrected chi connectivity index (χ2v) is 7.58. The van der Waals surface area contributed by atoms with Crippen molar-refractivity contribution in [3.63, 3.8) is 0 Å². The molecule has 1 aliphatic heterocycles. The number of Topliss-reactive ketones (excluding diaryl/α,β-unsaturated/α-hetero) is 1. The van der Waals surface area contributed by atoms with Gasteiger partial charge in [0, 0.05) is 21.3 Å². The summed E-state index contributed by atoms with van der Waals surface area (Å²) in [5.74, 6) is -2.46. The van der Waals surface area contributed by atoms with Crippen LogP contribution in [0.5, 0.6) is 0 Å². The number of carbonyl (C=O) groups excluding carboxylic acids is 2. The Morgan fingerprint density at radius 2 is 1.37 bits per heavy atom. The molecule has 0 bridgehead atoms. The lowest BCUT2D eigenvalue weighted by Crippen LogP contribution is -2.29. The molecule has 4 rings (SSSR count). The largest absolute Gasteiger partial charge is 0.507 e. The molecule has 0 aromatic heterocycles. The highest BCUT2D eigenvalue weighted by molar-refractivity contribution is 6.51. The lowest BCUT2D eigenvalue weighted by Gasteiger charge is -2.25. The summed E-state index contributed by atoms with van der Waals surface area (Å²) in [4.78, 5) is 27.1. The number of amides is 1. The lowest BCUT2D eigenvalue weighted by atomic mass is 9.95. The first kappa shape index (κ1) is 20.1. The number of carbonyl (C=O) groups is 2. The van der Waals surface area contributed by atoms with Crippen LogP contribution in [0.3, 0.4) is 0 Å². The number of nitrogens with zero attached hydrogens (tertiary/aromatic N) is 1. The first-order valence-electron chi connectivity index (χ1n) is 8.95. The van der Waals surface area contributed by atoms with Crippen molar-refractivity contribution in [3.05, 3.63) is 105 Å². The van der Waals surface area contributed by atoms with Crippen molar-refractivity contribution in [2.45, 2.75) is 6.04 Å². The van der Waals surface area contributed by atoms with E-state index in [4.69, 9.17) is 23.2 Å². The third kappa shape index (κ3) is 3.58. The van der Waals surface area contributed by atoms with E-state index in [2.05, 4.69) is 0 Å². The maximum atomic E-state index is 13.4. The van der Waals surface area contributed by atoms with Gasteiger partial charge in [-0.1, -0.05) is 35.3 Å². The van der Waals surface area contributed by atoms with E-state index in [1.165, 1.54) is 29.2 Å². The highest BCUT2D eigenvalue weighted by Gasteiger charge is 2.46. The molecule has 0 saturated carbocycles. The lowest BCUT2D eigenvalue weighted by molar-refractivity contribution is -0.132. The van der Waals surface area contributed by atoms with Crippen LogP contribution in [-0.4, -0.2) is 16.8 Å². The van der Waals surface area contributed by atoms with E-state index in [0.29, 0.717) is 26.9 Å². The second kappa shape index (κ2) is 7.94. The number of anilines is 1. The predicted molar refractivity (Wildman–Crippen MR) is 114 cm³/mol. The molecule has 0 aliphatic carbocycles. The van der Waals surface area contributed by atoms with Crippen molar-refractivity contribution in [1.29, 1.82) is 0 Å². The molecule has 1 fully saturated rings. The van der Waals surface area contributed by atoms with Gasteiger partial charge < -0.3 is 5.11 Å². The molecule has 4 nitrogen and oxygen atoms in total. The Bertz CT molecular complexity index is 1160. The van der Waals surface area contributed by atoms with Crippen LogP contribution < -0.4 is 4.90 Å². The summed E-state index contributed by atoms with van der Waals surface area (Å²) in [6.07, 6.45) is 0. The quantitative estimate of drug-likeness (QED) is 0.319. The number of ketones is 1.